The fourth-order valence-corrected chi connectivity index (χ4v) is 2.67. The molecule has 158 valence electrons. The summed E-state index contributed by atoms with van der Waals surface area (Å²) in [5.74, 6) is -2.18. The summed E-state index contributed by atoms with van der Waals surface area (Å²) < 4.78 is 63.7. The van der Waals surface area contributed by atoms with Gasteiger partial charge in [-0.1, -0.05) is 6.07 Å². The highest BCUT2D eigenvalue weighted by Gasteiger charge is 2.32. The number of rotatable bonds is 5. The van der Waals surface area contributed by atoms with E-state index in [9.17, 15) is 22.4 Å². The van der Waals surface area contributed by atoms with Gasteiger partial charge in [0, 0.05) is 11.8 Å². The van der Waals surface area contributed by atoms with E-state index in [1.54, 1.807) is 6.07 Å². The Kier molecular flexibility index (Phi) is 6.11. The van der Waals surface area contributed by atoms with Crippen LogP contribution in [0.1, 0.15) is 21.5 Å². The van der Waals surface area contributed by atoms with E-state index in [-0.39, 0.29) is 28.3 Å². The van der Waals surface area contributed by atoms with Gasteiger partial charge in [-0.25, -0.2) is 4.39 Å². The zero-order valence-electron chi connectivity index (χ0n) is 16.0. The van der Waals surface area contributed by atoms with Gasteiger partial charge in [0.1, 0.15) is 11.5 Å². The highest BCUT2D eigenvalue weighted by molar-refractivity contribution is 6.06. The molecule has 5 nitrogen and oxygen atoms in total. The molecule has 0 atom stereocenters. The normalized spacial score (nSPS) is 10.8. The third-order valence-electron chi connectivity index (χ3n) is 4.15. The number of anilines is 1. The van der Waals surface area contributed by atoms with Crippen LogP contribution in [0.3, 0.4) is 0 Å². The number of nitrogens with zero attached hydrogens (tertiary/aromatic N) is 1. The van der Waals surface area contributed by atoms with E-state index < -0.39 is 29.2 Å². The number of benzene rings is 3. The molecule has 0 heterocycles. The van der Waals surface area contributed by atoms with Gasteiger partial charge in [0.15, 0.2) is 11.6 Å². The number of amides is 1. The third-order valence-corrected chi connectivity index (χ3v) is 4.15. The van der Waals surface area contributed by atoms with Gasteiger partial charge < -0.3 is 14.8 Å². The van der Waals surface area contributed by atoms with Crippen molar-refractivity contribution >= 4 is 11.6 Å². The molecule has 1 amide bonds. The molecule has 31 heavy (non-hydrogen) atoms. The summed E-state index contributed by atoms with van der Waals surface area (Å²) >= 11 is 0. The van der Waals surface area contributed by atoms with E-state index in [0.717, 1.165) is 18.2 Å². The topological polar surface area (TPSA) is 71.3 Å². The van der Waals surface area contributed by atoms with Crippen LogP contribution in [0.15, 0.2) is 60.7 Å². The van der Waals surface area contributed by atoms with Gasteiger partial charge in [0.2, 0.25) is 0 Å². The number of carbonyl (C=O) groups excluding carboxylic acids is 1. The second-order valence-corrected chi connectivity index (χ2v) is 6.25. The van der Waals surface area contributed by atoms with Gasteiger partial charge in [-0.15, -0.1) is 0 Å². The molecule has 3 rings (SSSR count). The molecule has 0 bridgehead atoms. The average molecular weight is 430 g/mol. The fraction of sp³-hybridized carbons (Fsp3) is 0.0909. The number of ether oxygens (including phenoxy) is 2. The monoisotopic (exact) mass is 430 g/mol. The van der Waals surface area contributed by atoms with Crippen LogP contribution in [0, 0.1) is 17.1 Å². The van der Waals surface area contributed by atoms with Crippen molar-refractivity contribution in [2.75, 3.05) is 12.4 Å². The van der Waals surface area contributed by atoms with E-state index >= 15 is 0 Å². The van der Waals surface area contributed by atoms with Crippen molar-refractivity contribution in [3.05, 3.63) is 83.2 Å². The molecule has 0 radical (unpaired) electrons. The van der Waals surface area contributed by atoms with Crippen LogP contribution in [0.5, 0.6) is 17.2 Å². The van der Waals surface area contributed by atoms with Gasteiger partial charge in [-0.3, -0.25) is 4.79 Å². The molecule has 0 saturated heterocycles. The Labute approximate surface area is 174 Å². The van der Waals surface area contributed by atoms with Crippen molar-refractivity contribution in [1.29, 1.82) is 5.26 Å². The quantitative estimate of drug-likeness (QED) is 0.522. The van der Waals surface area contributed by atoms with E-state index in [1.165, 1.54) is 37.4 Å². The summed E-state index contributed by atoms with van der Waals surface area (Å²) in [6, 6.07) is 13.7. The molecular formula is C22H14F4N2O3. The summed E-state index contributed by atoms with van der Waals surface area (Å²) in [5, 5.41) is 11.5. The molecule has 0 saturated carbocycles. The molecule has 0 spiro atoms. The van der Waals surface area contributed by atoms with Gasteiger partial charge in [-0.05, 0) is 48.5 Å². The Morgan fingerprint density at radius 2 is 1.81 bits per heavy atom. The van der Waals surface area contributed by atoms with Crippen LogP contribution in [-0.4, -0.2) is 13.0 Å². The minimum absolute atomic E-state index is 0.0771. The molecule has 1 N–H and O–H groups in total. The second-order valence-electron chi connectivity index (χ2n) is 6.25. The number of hydrogen-bond acceptors (Lipinski definition) is 4. The number of methoxy groups -OCH3 is 1. The zero-order valence-corrected chi connectivity index (χ0v) is 16.0. The van der Waals surface area contributed by atoms with E-state index in [4.69, 9.17) is 14.7 Å². The van der Waals surface area contributed by atoms with Gasteiger partial charge in [0.25, 0.3) is 5.91 Å². The molecule has 9 heteroatoms. The van der Waals surface area contributed by atoms with Crippen LogP contribution >= 0.6 is 0 Å². The third kappa shape index (κ3) is 5.11. The number of carbonyl (C=O) groups is 1. The SMILES string of the molecule is COc1ccc(Oc2cc(C(F)(F)F)ccc2C(=O)Nc2cccc(C#N)c2)cc1F. The average Bonchev–Trinajstić information content (AvgIpc) is 2.73. The Bertz CT molecular complexity index is 1170. The lowest BCUT2D eigenvalue weighted by Crippen LogP contribution is -2.14. The smallest absolute Gasteiger partial charge is 0.416 e. The first-order chi connectivity index (χ1) is 14.7. The van der Waals surface area contributed by atoms with Crippen molar-refractivity contribution in [3.63, 3.8) is 0 Å². The van der Waals surface area contributed by atoms with E-state index in [1.807, 2.05) is 6.07 Å². The molecule has 0 unspecified atom stereocenters. The van der Waals surface area contributed by atoms with Crippen LogP contribution in [-0.2, 0) is 6.18 Å². The largest absolute Gasteiger partial charge is 0.494 e. The van der Waals surface area contributed by atoms with Crippen molar-refractivity contribution < 1.29 is 31.8 Å². The predicted octanol–water partition coefficient (Wildman–Crippen LogP) is 5.77. The lowest BCUT2D eigenvalue weighted by atomic mass is 10.1. The Morgan fingerprint density at radius 1 is 1.03 bits per heavy atom. The number of nitrogens with one attached hydrogen (secondary N) is 1. The Hall–Kier alpha value is -4.06. The summed E-state index contributed by atoms with van der Waals surface area (Å²) in [5.41, 5.74) is -0.702. The van der Waals surface area contributed by atoms with Crippen molar-refractivity contribution in [2.45, 2.75) is 6.18 Å². The molecule has 0 aliphatic carbocycles. The molecule has 0 aliphatic heterocycles. The van der Waals surface area contributed by atoms with Crippen LogP contribution in [0.25, 0.3) is 0 Å². The maximum absolute atomic E-state index is 13.9. The highest BCUT2D eigenvalue weighted by atomic mass is 19.4. The standard InChI is InChI=1S/C22H14F4N2O3/c1-30-19-8-6-16(11-18(19)23)31-20-10-14(22(24,25)26)5-7-17(20)21(29)28-15-4-2-3-13(9-15)12-27/h2-11H,1H3,(H,28,29). The first-order valence-corrected chi connectivity index (χ1v) is 8.75. The van der Waals surface area contributed by atoms with Crippen molar-refractivity contribution in [1.82, 2.24) is 0 Å². The van der Waals surface area contributed by atoms with E-state index in [2.05, 4.69) is 5.32 Å². The zero-order chi connectivity index (χ0) is 22.6. The first kappa shape index (κ1) is 21.6. The van der Waals surface area contributed by atoms with E-state index in [0.29, 0.717) is 6.07 Å². The Morgan fingerprint density at radius 3 is 2.45 bits per heavy atom. The molecule has 3 aromatic rings. The second kappa shape index (κ2) is 8.75. The first-order valence-electron chi connectivity index (χ1n) is 8.75. The lowest BCUT2D eigenvalue weighted by Gasteiger charge is -2.15. The molecule has 0 aliphatic rings. The highest BCUT2D eigenvalue weighted by Crippen LogP contribution is 2.36. The summed E-state index contributed by atoms with van der Waals surface area (Å²) in [6.45, 7) is 0. The predicted molar refractivity (Wildman–Crippen MR) is 104 cm³/mol. The van der Waals surface area contributed by atoms with Crippen LogP contribution < -0.4 is 14.8 Å². The summed E-state index contributed by atoms with van der Waals surface area (Å²) in [7, 11) is 1.26. The minimum Gasteiger partial charge on any atom is -0.494 e. The lowest BCUT2D eigenvalue weighted by molar-refractivity contribution is -0.137. The maximum atomic E-state index is 13.9. The minimum atomic E-state index is -4.68. The van der Waals surface area contributed by atoms with Crippen LogP contribution in [0.2, 0.25) is 0 Å². The van der Waals surface area contributed by atoms with Crippen LogP contribution in [0.4, 0.5) is 23.2 Å². The molecule has 3 aromatic carbocycles. The van der Waals surface area contributed by atoms with Crippen molar-refractivity contribution in [3.8, 4) is 23.3 Å². The number of hydrogen-bond donors (Lipinski definition) is 1. The Balaban J connectivity index is 1.98. The molecule has 0 aromatic heterocycles. The summed E-state index contributed by atoms with van der Waals surface area (Å²) in [6.07, 6.45) is -4.68. The van der Waals surface area contributed by atoms with Crippen molar-refractivity contribution in [2.24, 2.45) is 0 Å². The van der Waals surface area contributed by atoms with Gasteiger partial charge in [-0.2, -0.15) is 18.4 Å². The van der Waals surface area contributed by atoms with Gasteiger partial charge in [0.05, 0.1) is 29.9 Å². The van der Waals surface area contributed by atoms with Gasteiger partial charge >= 0.3 is 6.18 Å². The molecule has 0 fully saturated rings. The fourth-order valence-electron chi connectivity index (χ4n) is 2.67. The number of nitriles is 1. The number of alkyl halides is 3. The number of halogens is 4. The summed E-state index contributed by atoms with van der Waals surface area (Å²) in [4.78, 5) is 12.7. The molecular weight excluding hydrogens is 416 g/mol. The maximum Gasteiger partial charge on any atom is 0.416 e.